The molecule has 0 amide bonds. The van der Waals surface area contributed by atoms with Gasteiger partial charge >= 0.3 is 0 Å². The molecule has 2 rings (SSSR count). The van der Waals surface area contributed by atoms with E-state index in [1.807, 2.05) is 6.92 Å². The largest absolute Gasteiger partial charge is 0.330 e. The summed E-state index contributed by atoms with van der Waals surface area (Å²) in [6, 6.07) is 3.98. The Kier molecular flexibility index (Phi) is 4.39. The van der Waals surface area contributed by atoms with Gasteiger partial charge in [-0.25, -0.2) is 17.1 Å². The van der Waals surface area contributed by atoms with Crippen LogP contribution in [0, 0.1) is 11.2 Å². The quantitative estimate of drug-likeness (QED) is 0.922. The molecule has 1 aliphatic heterocycles. The van der Waals surface area contributed by atoms with Crippen LogP contribution in [0.4, 0.5) is 4.39 Å². The van der Waals surface area contributed by atoms with Crippen LogP contribution in [-0.2, 0) is 15.8 Å². The lowest BCUT2D eigenvalue weighted by Crippen LogP contribution is -2.35. The molecule has 1 saturated heterocycles. The smallest absolute Gasteiger partial charge is 0.218 e. The molecule has 1 aliphatic rings. The summed E-state index contributed by atoms with van der Waals surface area (Å²) in [6.45, 7) is 3.35. The molecule has 0 saturated carbocycles. The van der Waals surface area contributed by atoms with Crippen molar-refractivity contribution in [2.45, 2.75) is 19.1 Å². The van der Waals surface area contributed by atoms with E-state index in [0.29, 0.717) is 25.2 Å². The first kappa shape index (κ1) is 15.7. The molecule has 1 heterocycles. The van der Waals surface area contributed by atoms with Gasteiger partial charge in [0.2, 0.25) is 10.0 Å². The summed E-state index contributed by atoms with van der Waals surface area (Å²) in [5.41, 5.74) is 6.01. The summed E-state index contributed by atoms with van der Waals surface area (Å²) in [7, 11) is -3.43. The van der Waals surface area contributed by atoms with Crippen molar-refractivity contribution in [3.8, 4) is 0 Å². The fraction of sp³-hybridized carbons (Fsp3) is 0.538. The van der Waals surface area contributed by atoms with Gasteiger partial charge in [0.05, 0.1) is 10.8 Å². The zero-order valence-electron chi connectivity index (χ0n) is 11.3. The molecule has 1 unspecified atom stereocenters. The lowest BCUT2D eigenvalue weighted by atomic mass is 9.90. The Bertz CT molecular complexity index is 608. The zero-order valence-corrected chi connectivity index (χ0v) is 12.8. The topological polar surface area (TPSA) is 63.4 Å². The SMILES string of the molecule is CC1(CN)CCN(S(=O)(=O)Cc2ccc(F)c(Cl)c2)C1. The number of nitrogens with zero attached hydrogens (tertiary/aromatic N) is 1. The van der Waals surface area contributed by atoms with Crippen LogP contribution in [0.15, 0.2) is 18.2 Å². The highest BCUT2D eigenvalue weighted by molar-refractivity contribution is 7.88. The lowest BCUT2D eigenvalue weighted by molar-refractivity contribution is 0.349. The summed E-state index contributed by atoms with van der Waals surface area (Å²) < 4.78 is 39.2. The molecule has 20 heavy (non-hydrogen) atoms. The molecule has 0 aromatic heterocycles. The summed E-state index contributed by atoms with van der Waals surface area (Å²) in [6.07, 6.45) is 0.757. The van der Waals surface area contributed by atoms with E-state index < -0.39 is 15.8 Å². The number of sulfonamides is 1. The number of halogens is 2. The number of hydrogen-bond donors (Lipinski definition) is 1. The van der Waals surface area contributed by atoms with Crippen LogP contribution in [0.25, 0.3) is 0 Å². The Morgan fingerprint density at radius 3 is 2.75 bits per heavy atom. The minimum absolute atomic E-state index is 0.0640. The molecule has 0 spiro atoms. The minimum atomic E-state index is -3.43. The zero-order chi connectivity index (χ0) is 15.0. The summed E-state index contributed by atoms with van der Waals surface area (Å²) in [5.74, 6) is -0.724. The van der Waals surface area contributed by atoms with Gasteiger partial charge in [-0.15, -0.1) is 0 Å². The Labute approximate surface area is 123 Å². The van der Waals surface area contributed by atoms with Crippen molar-refractivity contribution in [2.24, 2.45) is 11.1 Å². The molecule has 4 nitrogen and oxygen atoms in total. The molecule has 0 aliphatic carbocycles. The van der Waals surface area contributed by atoms with Crippen molar-refractivity contribution in [3.63, 3.8) is 0 Å². The van der Waals surface area contributed by atoms with Gasteiger partial charge in [0.15, 0.2) is 0 Å². The minimum Gasteiger partial charge on any atom is -0.330 e. The number of rotatable bonds is 4. The van der Waals surface area contributed by atoms with Crippen molar-refractivity contribution in [1.29, 1.82) is 0 Å². The van der Waals surface area contributed by atoms with Crippen LogP contribution in [0.1, 0.15) is 18.9 Å². The van der Waals surface area contributed by atoms with Gasteiger partial charge in [0.25, 0.3) is 0 Å². The molecular formula is C13H18ClFN2O2S. The third-order valence-corrected chi connectivity index (χ3v) is 5.83. The van der Waals surface area contributed by atoms with Crippen LogP contribution < -0.4 is 5.73 Å². The van der Waals surface area contributed by atoms with Crippen LogP contribution in [-0.4, -0.2) is 32.4 Å². The fourth-order valence-corrected chi connectivity index (χ4v) is 4.18. The van der Waals surface area contributed by atoms with Crippen molar-refractivity contribution >= 4 is 21.6 Å². The second-order valence-corrected chi connectivity index (χ2v) is 7.98. The molecule has 2 N–H and O–H groups in total. The van der Waals surface area contributed by atoms with E-state index >= 15 is 0 Å². The molecule has 1 aromatic carbocycles. The monoisotopic (exact) mass is 320 g/mol. The highest BCUT2D eigenvalue weighted by atomic mass is 35.5. The van der Waals surface area contributed by atoms with E-state index in [1.54, 1.807) is 0 Å². The second kappa shape index (κ2) is 5.60. The molecular weight excluding hydrogens is 303 g/mol. The molecule has 1 aromatic rings. The molecule has 1 atom stereocenters. The average molecular weight is 321 g/mol. The first-order valence-electron chi connectivity index (χ1n) is 6.38. The molecule has 0 radical (unpaired) electrons. The van der Waals surface area contributed by atoms with E-state index in [4.69, 9.17) is 17.3 Å². The van der Waals surface area contributed by atoms with Gasteiger partial charge in [-0.05, 0) is 36.1 Å². The first-order valence-corrected chi connectivity index (χ1v) is 8.36. The van der Waals surface area contributed by atoms with E-state index in [1.165, 1.54) is 22.5 Å². The maximum Gasteiger partial charge on any atom is 0.218 e. The van der Waals surface area contributed by atoms with E-state index in [-0.39, 0.29) is 16.2 Å². The fourth-order valence-electron chi connectivity index (χ4n) is 2.31. The highest BCUT2D eigenvalue weighted by Crippen LogP contribution is 2.31. The van der Waals surface area contributed by atoms with Gasteiger partial charge < -0.3 is 5.73 Å². The number of benzene rings is 1. The Hall–Kier alpha value is -0.690. The number of nitrogens with two attached hydrogens (primary N) is 1. The lowest BCUT2D eigenvalue weighted by Gasteiger charge is -2.22. The maximum absolute atomic E-state index is 13.1. The first-order chi connectivity index (χ1) is 9.26. The van der Waals surface area contributed by atoms with E-state index in [0.717, 1.165) is 6.42 Å². The van der Waals surface area contributed by atoms with Gasteiger partial charge in [-0.1, -0.05) is 24.6 Å². The molecule has 0 bridgehead atoms. The Morgan fingerprint density at radius 1 is 1.50 bits per heavy atom. The van der Waals surface area contributed by atoms with Gasteiger partial charge in [-0.3, -0.25) is 0 Å². The standard InChI is InChI=1S/C13H18ClFN2O2S/c1-13(8-16)4-5-17(9-13)20(18,19)7-10-2-3-12(15)11(14)6-10/h2-3,6H,4-5,7-9,16H2,1H3. The van der Waals surface area contributed by atoms with Gasteiger partial charge in [0, 0.05) is 13.1 Å². The molecule has 112 valence electrons. The molecule has 7 heteroatoms. The van der Waals surface area contributed by atoms with E-state index in [2.05, 4.69) is 0 Å². The average Bonchev–Trinajstić information content (AvgIpc) is 2.78. The van der Waals surface area contributed by atoms with Crippen LogP contribution in [0.3, 0.4) is 0 Å². The van der Waals surface area contributed by atoms with Crippen LogP contribution in [0.5, 0.6) is 0 Å². The predicted octanol–water partition coefficient (Wildman–Crippen LogP) is 1.98. The highest BCUT2D eigenvalue weighted by Gasteiger charge is 2.38. The van der Waals surface area contributed by atoms with Crippen molar-refractivity contribution in [1.82, 2.24) is 4.31 Å². The van der Waals surface area contributed by atoms with Crippen molar-refractivity contribution < 1.29 is 12.8 Å². The van der Waals surface area contributed by atoms with Crippen LogP contribution in [0.2, 0.25) is 5.02 Å². The van der Waals surface area contributed by atoms with Gasteiger partial charge in [-0.2, -0.15) is 0 Å². The third kappa shape index (κ3) is 3.31. The number of hydrogen-bond acceptors (Lipinski definition) is 3. The Balaban J connectivity index is 2.14. The summed E-state index contributed by atoms with van der Waals surface area (Å²) in [4.78, 5) is 0. The summed E-state index contributed by atoms with van der Waals surface area (Å²) >= 11 is 5.67. The summed E-state index contributed by atoms with van der Waals surface area (Å²) in [5, 5.41) is -0.0640. The Morgan fingerprint density at radius 2 is 2.20 bits per heavy atom. The van der Waals surface area contributed by atoms with Crippen molar-refractivity contribution in [3.05, 3.63) is 34.6 Å². The third-order valence-electron chi connectivity index (χ3n) is 3.74. The molecule has 1 fully saturated rings. The van der Waals surface area contributed by atoms with Crippen molar-refractivity contribution in [2.75, 3.05) is 19.6 Å². The maximum atomic E-state index is 13.1. The predicted molar refractivity (Wildman–Crippen MR) is 77.4 cm³/mol. The van der Waals surface area contributed by atoms with Crippen LogP contribution >= 0.6 is 11.6 Å². The second-order valence-electron chi connectivity index (χ2n) is 5.60. The normalized spacial score (nSPS) is 24.2. The van der Waals surface area contributed by atoms with Gasteiger partial charge in [0.1, 0.15) is 5.82 Å². The van der Waals surface area contributed by atoms with E-state index in [9.17, 15) is 12.8 Å².